The SMILES string of the molecule is Cc1ccc(CNC=O)c(C)c1. The van der Waals surface area contributed by atoms with E-state index in [1.54, 1.807) is 0 Å². The second kappa shape index (κ2) is 3.90. The van der Waals surface area contributed by atoms with Crippen LogP contribution in [0.25, 0.3) is 0 Å². The summed E-state index contributed by atoms with van der Waals surface area (Å²) in [6.45, 7) is 4.73. The minimum Gasteiger partial charge on any atom is -0.355 e. The highest BCUT2D eigenvalue weighted by atomic mass is 16.1. The minimum atomic E-state index is 0.621. The summed E-state index contributed by atoms with van der Waals surface area (Å²) in [6.07, 6.45) is 0.722. The Morgan fingerprint density at radius 1 is 1.42 bits per heavy atom. The Hall–Kier alpha value is -1.31. The van der Waals surface area contributed by atoms with Crippen molar-refractivity contribution < 1.29 is 4.79 Å². The minimum absolute atomic E-state index is 0.621. The number of hydrogen-bond donors (Lipinski definition) is 1. The van der Waals surface area contributed by atoms with Gasteiger partial charge in [0.1, 0.15) is 0 Å². The molecule has 0 aliphatic rings. The third-order valence-corrected chi connectivity index (χ3v) is 1.87. The molecule has 0 aromatic heterocycles. The Bertz CT molecular complexity index is 281. The molecule has 2 nitrogen and oxygen atoms in total. The van der Waals surface area contributed by atoms with E-state index in [0.717, 1.165) is 6.41 Å². The van der Waals surface area contributed by atoms with Gasteiger partial charge in [-0.15, -0.1) is 0 Å². The molecule has 64 valence electrons. The number of hydrogen-bond acceptors (Lipinski definition) is 1. The van der Waals surface area contributed by atoms with Crippen LogP contribution in [0, 0.1) is 13.8 Å². The van der Waals surface area contributed by atoms with Crippen LogP contribution in [0.15, 0.2) is 18.2 Å². The largest absolute Gasteiger partial charge is 0.355 e. The Balaban J connectivity index is 2.78. The lowest BCUT2D eigenvalue weighted by molar-refractivity contribution is -0.109. The molecule has 0 aliphatic heterocycles. The summed E-state index contributed by atoms with van der Waals surface area (Å²) in [4.78, 5) is 10.0. The molecule has 0 saturated heterocycles. The van der Waals surface area contributed by atoms with Gasteiger partial charge in [-0.1, -0.05) is 23.8 Å². The number of benzene rings is 1. The van der Waals surface area contributed by atoms with Gasteiger partial charge in [-0.25, -0.2) is 0 Å². The highest BCUT2D eigenvalue weighted by Gasteiger charge is 1.96. The fourth-order valence-corrected chi connectivity index (χ4v) is 1.20. The van der Waals surface area contributed by atoms with Crippen LogP contribution in [0.4, 0.5) is 0 Å². The van der Waals surface area contributed by atoms with E-state index < -0.39 is 0 Å². The topological polar surface area (TPSA) is 29.1 Å². The third kappa shape index (κ3) is 2.09. The van der Waals surface area contributed by atoms with Gasteiger partial charge in [0, 0.05) is 6.54 Å². The summed E-state index contributed by atoms with van der Waals surface area (Å²) in [5.41, 5.74) is 3.65. The van der Waals surface area contributed by atoms with Crippen LogP contribution in [0.2, 0.25) is 0 Å². The molecule has 0 saturated carbocycles. The maximum atomic E-state index is 10.0. The Morgan fingerprint density at radius 2 is 2.17 bits per heavy atom. The molecule has 0 atom stereocenters. The van der Waals surface area contributed by atoms with E-state index >= 15 is 0 Å². The molecule has 1 amide bonds. The van der Waals surface area contributed by atoms with Crippen molar-refractivity contribution in [2.45, 2.75) is 20.4 Å². The average molecular weight is 163 g/mol. The highest BCUT2D eigenvalue weighted by Crippen LogP contribution is 2.09. The van der Waals surface area contributed by atoms with Crippen molar-refractivity contribution in [2.75, 3.05) is 0 Å². The van der Waals surface area contributed by atoms with Gasteiger partial charge in [-0.05, 0) is 25.0 Å². The van der Waals surface area contributed by atoms with Gasteiger partial charge in [-0.3, -0.25) is 4.79 Å². The molecule has 1 rings (SSSR count). The molecule has 12 heavy (non-hydrogen) atoms. The van der Waals surface area contributed by atoms with Crippen LogP contribution in [0.1, 0.15) is 16.7 Å². The summed E-state index contributed by atoms with van der Waals surface area (Å²) in [5, 5.41) is 2.64. The molecule has 2 heteroatoms. The Morgan fingerprint density at radius 3 is 2.75 bits per heavy atom. The number of nitrogens with one attached hydrogen (secondary N) is 1. The first-order chi connectivity index (χ1) is 5.74. The maximum absolute atomic E-state index is 10.0. The molecule has 0 bridgehead atoms. The fourth-order valence-electron chi connectivity index (χ4n) is 1.20. The molecule has 0 aliphatic carbocycles. The fraction of sp³-hybridized carbons (Fsp3) is 0.300. The molecule has 0 heterocycles. The molecule has 0 spiro atoms. The van der Waals surface area contributed by atoms with E-state index in [2.05, 4.69) is 31.3 Å². The second-order valence-corrected chi connectivity index (χ2v) is 2.93. The van der Waals surface area contributed by atoms with Gasteiger partial charge < -0.3 is 5.32 Å². The molecular formula is C10H13NO. The van der Waals surface area contributed by atoms with Gasteiger partial charge in [0.15, 0.2) is 0 Å². The first kappa shape index (κ1) is 8.78. The van der Waals surface area contributed by atoms with E-state index in [-0.39, 0.29) is 0 Å². The summed E-state index contributed by atoms with van der Waals surface area (Å²) in [6, 6.07) is 6.21. The molecular weight excluding hydrogens is 150 g/mol. The van der Waals surface area contributed by atoms with Crippen LogP contribution >= 0.6 is 0 Å². The monoisotopic (exact) mass is 163 g/mol. The normalized spacial score (nSPS) is 9.50. The van der Waals surface area contributed by atoms with E-state index in [1.165, 1.54) is 16.7 Å². The van der Waals surface area contributed by atoms with Gasteiger partial charge in [-0.2, -0.15) is 0 Å². The quantitative estimate of drug-likeness (QED) is 0.673. The van der Waals surface area contributed by atoms with Crippen LogP contribution in [-0.2, 0) is 11.3 Å². The van der Waals surface area contributed by atoms with Crippen molar-refractivity contribution in [3.05, 3.63) is 34.9 Å². The molecule has 0 radical (unpaired) electrons. The maximum Gasteiger partial charge on any atom is 0.207 e. The average Bonchev–Trinajstić information content (AvgIpc) is 2.03. The van der Waals surface area contributed by atoms with Crippen molar-refractivity contribution in [2.24, 2.45) is 0 Å². The van der Waals surface area contributed by atoms with E-state index in [4.69, 9.17) is 0 Å². The zero-order valence-corrected chi connectivity index (χ0v) is 7.42. The zero-order chi connectivity index (χ0) is 8.97. The third-order valence-electron chi connectivity index (χ3n) is 1.87. The summed E-state index contributed by atoms with van der Waals surface area (Å²) in [5.74, 6) is 0. The van der Waals surface area contributed by atoms with Gasteiger partial charge >= 0.3 is 0 Å². The van der Waals surface area contributed by atoms with Crippen molar-refractivity contribution in [3.63, 3.8) is 0 Å². The molecule has 1 N–H and O–H groups in total. The predicted octanol–water partition coefficient (Wildman–Crippen LogP) is 1.55. The zero-order valence-electron chi connectivity index (χ0n) is 7.42. The lowest BCUT2D eigenvalue weighted by atomic mass is 10.1. The first-order valence-corrected chi connectivity index (χ1v) is 3.97. The lowest BCUT2D eigenvalue weighted by Crippen LogP contribution is -2.10. The van der Waals surface area contributed by atoms with Crippen LogP contribution in [-0.4, -0.2) is 6.41 Å². The molecule has 1 aromatic carbocycles. The number of carbonyl (C=O) groups is 1. The number of aryl methyl sites for hydroxylation is 2. The Labute approximate surface area is 72.6 Å². The van der Waals surface area contributed by atoms with Crippen LogP contribution in [0.3, 0.4) is 0 Å². The first-order valence-electron chi connectivity index (χ1n) is 3.97. The molecule has 0 fully saturated rings. The van der Waals surface area contributed by atoms with Crippen molar-refractivity contribution in [1.82, 2.24) is 5.32 Å². The standard InChI is InChI=1S/C10H13NO/c1-8-3-4-10(6-11-7-12)9(2)5-8/h3-5,7H,6H2,1-2H3,(H,11,12). The van der Waals surface area contributed by atoms with Crippen LogP contribution in [0.5, 0.6) is 0 Å². The number of carbonyl (C=O) groups excluding carboxylic acids is 1. The molecule has 1 aromatic rings. The van der Waals surface area contributed by atoms with E-state index in [0.29, 0.717) is 6.54 Å². The van der Waals surface area contributed by atoms with E-state index in [9.17, 15) is 4.79 Å². The second-order valence-electron chi connectivity index (χ2n) is 2.93. The van der Waals surface area contributed by atoms with Crippen LogP contribution < -0.4 is 5.32 Å². The predicted molar refractivity (Wildman–Crippen MR) is 48.8 cm³/mol. The van der Waals surface area contributed by atoms with Gasteiger partial charge in [0.05, 0.1) is 0 Å². The van der Waals surface area contributed by atoms with Crippen molar-refractivity contribution in [3.8, 4) is 0 Å². The lowest BCUT2D eigenvalue weighted by Gasteiger charge is -2.04. The highest BCUT2D eigenvalue weighted by molar-refractivity contribution is 5.46. The molecule has 0 unspecified atom stereocenters. The van der Waals surface area contributed by atoms with E-state index in [1.807, 2.05) is 6.07 Å². The number of amides is 1. The van der Waals surface area contributed by atoms with Crippen molar-refractivity contribution in [1.29, 1.82) is 0 Å². The summed E-state index contributed by atoms with van der Waals surface area (Å²) in [7, 11) is 0. The number of rotatable bonds is 3. The van der Waals surface area contributed by atoms with Gasteiger partial charge in [0.2, 0.25) is 6.41 Å². The van der Waals surface area contributed by atoms with Crippen molar-refractivity contribution >= 4 is 6.41 Å². The smallest absolute Gasteiger partial charge is 0.207 e. The Kier molecular flexibility index (Phi) is 2.86. The summed E-state index contributed by atoms with van der Waals surface area (Å²) < 4.78 is 0. The van der Waals surface area contributed by atoms with Gasteiger partial charge in [0.25, 0.3) is 0 Å². The summed E-state index contributed by atoms with van der Waals surface area (Å²) >= 11 is 0.